The van der Waals surface area contributed by atoms with Crippen LogP contribution in [0.25, 0.3) is 11.1 Å². The second kappa shape index (κ2) is 4.91. The Labute approximate surface area is 99.9 Å². The van der Waals surface area contributed by atoms with E-state index < -0.39 is 0 Å². The summed E-state index contributed by atoms with van der Waals surface area (Å²) in [7, 11) is 0. The number of hydrogen-bond acceptors (Lipinski definition) is 1. The summed E-state index contributed by atoms with van der Waals surface area (Å²) in [5.74, 6) is -0.351. The second-order valence-corrected chi connectivity index (χ2v) is 3.87. The highest BCUT2D eigenvalue weighted by atomic mass is 19.1. The zero-order valence-electron chi connectivity index (χ0n) is 9.61. The molecule has 0 amide bonds. The third kappa shape index (κ3) is 2.26. The monoisotopic (exact) mass is 228 g/mol. The summed E-state index contributed by atoms with van der Waals surface area (Å²) in [5.41, 5.74) is 2.91. The van der Waals surface area contributed by atoms with Crippen molar-refractivity contribution in [2.45, 2.75) is 13.3 Å². The molecule has 2 aromatic rings. The fourth-order valence-corrected chi connectivity index (χ4v) is 1.91. The van der Waals surface area contributed by atoms with Gasteiger partial charge in [0.1, 0.15) is 12.1 Å². The molecule has 0 saturated heterocycles. The molecule has 0 atom stereocenters. The molecule has 0 aliphatic heterocycles. The van der Waals surface area contributed by atoms with Gasteiger partial charge in [0.05, 0.1) is 0 Å². The molecule has 1 nitrogen and oxygen atoms in total. The molecule has 0 bridgehead atoms. The molecule has 0 unspecified atom stereocenters. The van der Waals surface area contributed by atoms with Gasteiger partial charge in [-0.05, 0) is 23.6 Å². The van der Waals surface area contributed by atoms with Crippen LogP contribution < -0.4 is 0 Å². The normalized spacial score (nSPS) is 10.2. The highest BCUT2D eigenvalue weighted by Crippen LogP contribution is 2.27. The fraction of sp³-hybridized carbons (Fsp3) is 0.133. The molecule has 2 aromatic carbocycles. The van der Waals surface area contributed by atoms with E-state index in [1.54, 1.807) is 12.1 Å². The zero-order chi connectivity index (χ0) is 12.3. The summed E-state index contributed by atoms with van der Waals surface area (Å²) in [6.45, 7) is 2.04. The van der Waals surface area contributed by atoms with E-state index >= 15 is 0 Å². The Morgan fingerprint density at radius 1 is 1.12 bits per heavy atom. The van der Waals surface area contributed by atoms with Crippen molar-refractivity contribution in [1.29, 1.82) is 0 Å². The highest BCUT2D eigenvalue weighted by molar-refractivity contribution is 5.77. The third-order valence-corrected chi connectivity index (χ3v) is 2.82. The number of carbonyl (C=O) groups excluding carboxylic acids is 1. The van der Waals surface area contributed by atoms with Gasteiger partial charge in [-0.25, -0.2) is 4.39 Å². The Bertz CT molecular complexity index is 546. The van der Waals surface area contributed by atoms with Gasteiger partial charge in [-0.15, -0.1) is 0 Å². The Hall–Kier alpha value is -1.96. The van der Waals surface area contributed by atoms with E-state index in [9.17, 15) is 9.18 Å². The van der Waals surface area contributed by atoms with Crippen LogP contribution in [0.3, 0.4) is 0 Å². The van der Waals surface area contributed by atoms with Crippen molar-refractivity contribution in [3.05, 3.63) is 59.4 Å². The average molecular weight is 228 g/mol. The highest BCUT2D eigenvalue weighted by Gasteiger charge is 2.08. The first-order valence-corrected chi connectivity index (χ1v) is 5.59. The lowest BCUT2D eigenvalue weighted by Gasteiger charge is -2.09. The van der Waals surface area contributed by atoms with Gasteiger partial charge in [-0.2, -0.15) is 0 Å². The molecule has 2 heteroatoms. The summed E-state index contributed by atoms with van der Waals surface area (Å²) in [6, 6.07) is 12.3. The standard InChI is InChI=1S/C15H13FO/c1-2-12-5-3-4-6-13(12)14-8-7-11(10-17)9-15(14)16/h3-10H,2H2,1H3. The maximum Gasteiger partial charge on any atom is 0.150 e. The summed E-state index contributed by atoms with van der Waals surface area (Å²) in [4.78, 5) is 10.6. The molecule has 0 aromatic heterocycles. The van der Waals surface area contributed by atoms with Gasteiger partial charge in [-0.1, -0.05) is 43.3 Å². The minimum Gasteiger partial charge on any atom is -0.298 e. The van der Waals surface area contributed by atoms with E-state index in [-0.39, 0.29) is 5.82 Å². The number of rotatable bonds is 3. The first-order valence-electron chi connectivity index (χ1n) is 5.59. The number of aryl methyl sites for hydroxylation is 1. The quantitative estimate of drug-likeness (QED) is 0.729. The van der Waals surface area contributed by atoms with Gasteiger partial charge >= 0.3 is 0 Å². The number of halogens is 1. The van der Waals surface area contributed by atoms with E-state index in [1.807, 2.05) is 31.2 Å². The predicted octanol–water partition coefficient (Wildman–Crippen LogP) is 3.87. The SMILES string of the molecule is CCc1ccccc1-c1ccc(C=O)cc1F. The van der Waals surface area contributed by atoms with Gasteiger partial charge in [0, 0.05) is 11.1 Å². The first kappa shape index (κ1) is 11.5. The molecule has 0 spiro atoms. The summed E-state index contributed by atoms with van der Waals surface area (Å²) < 4.78 is 13.9. The first-order chi connectivity index (χ1) is 8.26. The largest absolute Gasteiger partial charge is 0.298 e. The van der Waals surface area contributed by atoms with Crippen molar-refractivity contribution in [3.8, 4) is 11.1 Å². The van der Waals surface area contributed by atoms with Crippen LogP contribution in [0.15, 0.2) is 42.5 Å². The van der Waals surface area contributed by atoms with Crippen molar-refractivity contribution in [3.63, 3.8) is 0 Å². The lowest BCUT2D eigenvalue weighted by Crippen LogP contribution is -1.92. The lowest BCUT2D eigenvalue weighted by molar-refractivity contribution is 0.112. The van der Waals surface area contributed by atoms with Crippen molar-refractivity contribution in [2.75, 3.05) is 0 Å². The van der Waals surface area contributed by atoms with Crippen LogP contribution in [0.1, 0.15) is 22.8 Å². The average Bonchev–Trinajstić information content (AvgIpc) is 2.38. The number of hydrogen-bond donors (Lipinski definition) is 0. The smallest absolute Gasteiger partial charge is 0.150 e. The summed E-state index contributed by atoms with van der Waals surface area (Å²) >= 11 is 0. The number of carbonyl (C=O) groups is 1. The zero-order valence-corrected chi connectivity index (χ0v) is 9.61. The minimum absolute atomic E-state index is 0.351. The molecular formula is C15H13FO. The van der Waals surface area contributed by atoms with Crippen LogP contribution in [-0.4, -0.2) is 6.29 Å². The van der Waals surface area contributed by atoms with Gasteiger partial charge in [0.15, 0.2) is 0 Å². The van der Waals surface area contributed by atoms with Gasteiger partial charge < -0.3 is 0 Å². The number of aldehydes is 1. The predicted molar refractivity (Wildman–Crippen MR) is 66.6 cm³/mol. The molecular weight excluding hydrogens is 215 g/mol. The van der Waals surface area contributed by atoms with Crippen LogP contribution in [0.4, 0.5) is 4.39 Å². The molecule has 2 rings (SSSR count). The van der Waals surface area contributed by atoms with E-state index in [0.717, 1.165) is 17.5 Å². The van der Waals surface area contributed by atoms with Gasteiger partial charge in [0.25, 0.3) is 0 Å². The van der Waals surface area contributed by atoms with Gasteiger partial charge in [0.2, 0.25) is 0 Å². The van der Waals surface area contributed by atoms with E-state index in [4.69, 9.17) is 0 Å². The van der Waals surface area contributed by atoms with Crippen LogP contribution in [-0.2, 0) is 6.42 Å². The van der Waals surface area contributed by atoms with Crippen LogP contribution in [0, 0.1) is 5.82 Å². The molecule has 0 fully saturated rings. The van der Waals surface area contributed by atoms with E-state index in [0.29, 0.717) is 17.4 Å². The van der Waals surface area contributed by atoms with Crippen molar-refractivity contribution in [2.24, 2.45) is 0 Å². The molecule has 0 radical (unpaired) electrons. The van der Waals surface area contributed by atoms with Crippen LogP contribution in [0.2, 0.25) is 0 Å². The number of benzene rings is 2. The molecule has 0 N–H and O–H groups in total. The molecule has 0 saturated carbocycles. The maximum absolute atomic E-state index is 13.9. The van der Waals surface area contributed by atoms with Crippen molar-refractivity contribution < 1.29 is 9.18 Å². The topological polar surface area (TPSA) is 17.1 Å². The van der Waals surface area contributed by atoms with Crippen molar-refractivity contribution >= 4 is 6.29 Å². The molecule has 86 valence electrons. The Kier molecular flexibility index (Phi) is 3.33. The van der Waals surface area contributed by atoms with E-state index in [2.05, 4.69) is 0 Å². The fourth-order valence-electron chi connectivity index (χ4n) is 1.91. The third-order valence-electron chi connectivity index (χ3n) is 2.82. The molecule has 0 aliphatic rings. The lowest BCUT2D eigenvalue weighted by atomic mass is 9.97. The Morgan fingerprint density at radius 3 is 2.53 bits per heavy atom. The summed E-state index contributed by atoms with van der Waals surface area (Å²) in [5, 5.41) is 0. The van der Waals surface area contributed by atoms with Crippen LogP contribution in [0.5, 0.6) is 0 Å². The minimum atomic E-state index is -0.351. The van der Waals surface area contributed by atoms with Gasteiger partial charge in [-0.3, -0.25) is 4.79 Å². The second-order valence-electron chi connectivity index (χ2n) is 3.87. The Morgan fingerprint density at radius 2 is 1.88 bits per heavy atom. The van der Waals surface area contributed by atoms with E-state index in [1.165, 1.54) is 6.07 Å². The molecule has 0 aliphatic carbocycles. The van der Waals surface area contributed by atoms with Crippen LogP contribution >= 0.6 is 0 Å². The Balaban J connectivity index is 2.56. The molecule has 17 heavy (non-hydrogen) atoms. The van der Waals surface area contributed by atoms with Crippen molar-refractivity contribution in [1.82, 2.24) is 0 Å². The molecule has 0 heterocycles. The maximum atomic E-state index is 13.9. The summed E-state index contributed by atoms with van der Waals surface area (Å²) in [6.07, 6.45) is 1.50.